The van der Waals surface area contributed by atoms with Crippen molar-refractivity contribution in [1.82, 2.24) is 10.4 Å². The molecule has 9 heteroatoms. The number of nitrogens with one attached hydrogen (secondary N) is 2. The fraction of sp³-hybridized carbons (Fsp3) is 0.148. The predicted octanol–water partition coefficient (Wildman–Crippen LogP) is 3.66. The Labute approximate surface area is 214 Å². The number of nitriles is 1. The quantitative estimate of drug-likeness (QED) is 0.389. The third-order valence-electron chi connectivity index (χ3n) is 7.12. The molecule has 2 N–H and O–H groups in total. The Morgan fingerprint density at radius 2 is 1.42 bits per heavy atom. The van der Waals surface area contributed by atoms with Crippen LogP contribution in [-0.2, 0) is 14.4 Å². The first-order valence-electron chi connectivity index (χ1n) is 11.4. The zero-order chi connectivity index (χ0) is 25.0. The van der Waals surface area contributed by atoms with Crippen LogP contribution in [0, 0.1) is 23.2 Å². The van der Waals surface area contributed by atoms with Gasteiger partial charge in [0.1, 0.15) is 6.07 Å². The lowest BCUT2D eigenvalue weighted by Gasteiger charge is -2.52. The third-order valence-corrected chi connectivity index (χ3v) is 7.65. The minimum Gasteiger partial charge on any atom is -0.277 e. The van der Waals surface area contributed by atoms with Gasteiger partial charge < -0.3 is 0 Å². The van der Waals surface area contributed by atoms with Crippen molar-refractivity contribution in [3.8, 4) is 6.07 Å². The molecule has 3 aliphatic carbocycles. The number of halogens is 1. The number of hydrazine groups is 1. The van der Waals surface area contributed by atoms with Crippen LogP contribution in [0.4, 0.5) is 5.69 Å². The summed E-state index contributed by atoms with van der Waals surface area (Å²) in [4.78, 5) is 40.4. The van der Waals surface area contributed by atoms with Crippen LogP contribution in [0.2, 0.25) is 0 Å². The number of anilines is 1. The highest BCUT2D eigenvalue weighted by atomic mass is 79.9. The van der Waals surface area contributed by atoms with Gasteiger partial charge >= 0.3 is 5.91 Å². The number of imide groups is 1. The lowest BCUT2D eigenvalue weighted by atomic mass is 9.53. The molecule has 1 heterocycles. The molecule has 0 saturated carbocycles. The van der Waals surface area contributed by atoms with Crippen LogP contribution in [-0.4, -0.2) is 28.4 Å². The number of hydrogen-bond donors (Lipinski definition) is 2. The summed E-state index contributed by atoms with van der Waals surface area (Å²) in [5.41, 5.74) is 9.15. The van der Waals surface area contributed by atoms with Crippen LogP contribution >= 0.6 is 15.9 Å². The van der Waals surface area contributed by atoms with Crippen LogP contribution in [0.5, 0.6) is 0 Å². The zero-order valence-corrected chi connectivity index (χ0v) is 20.3. The van der Waals surface area contributed by atoms with E-state index in [1.54, 1.807) is 30.3 Å². The normalized spacial score (nSPS) is 23.7. The van der Waals surface area contributed by atoms with E-state index in [2.05, 4.69) is 31.9 Å². The molecule has 3 aromatic rings. The Bertz CT molecular complexity index is 1460. The highest BCUT2D eigenvalue weighted by Gasteiger charge is 2.59. The van der Waals surface area contributed by atoms with Crippen molar-refractivity contribution in [2.45, 2.75) is 11.8 Å². The molecule has 176 valence electrons. The van der Waals surface area contributed by atoms with Crippen LogP contribution in [0.3, 0.4) is 0 Å². The lowest BCUT2D eigenvalue weighted by molar-refractivity contribution is -0.164. The number of hydrazone groups is 1. The molecule has 2 atom stereocenters. The molecule has 1 saturated heterocycles. The summed E-state index contributed by atoms with van der Waals surface area (Å²) in [5.74, 6) is -4.04. The molecule has 1 fully saturated rings. The highest BCUT2D eigenvalue weighted by molar-refractivity contribution is 9.10. The summed E-state index contributed by atoms with van der Waals surface area (Å²) in [6, 6.07) is 24.4. The average Bonchev–Trinajstić information content (AvgIpc) is 2.91. The molecule has 2 bridgehead atoms. The maximum Gasteiger partial charge on any atom is 0.310 e. The van der Waals surface area contributed by atoms with Crippen LogP contribution in [0.1, 0.15) is 34.1 Å². The van der Waals surface area contributed by atoms with E-state index in [0.717, 1.165) is 26.7 Å². The van der Waals surface area contributed by atoms with Gasteiger partial charge in [0.25, 0.3) is 5.91 Å². The van der Waals surface area contributed by atoms with Crippen LogP contribution in [0.25, 0.3) is 0 Å². The van der Waals surface area contributed by atoms with Gasteiger partial charge in [0, 0.05) is 16.3 Å². The molecule has 7 rings (SSSR count). The monoisotopic (exact) mass is 539 g/mol. The number of carbonyl (C=O) groups excluding carboxylic acids is 3. The van der Waals surface area contributed by atoms with Crippen molar-refractivity contribution < 1.29 is 14.4 Å². The smallest absolute Gasteiger partial charge is 0.277 e. The third kappa shape index (κ3) is 3.26. The maximum atomic E-state index is 13.8. The molecule has 2 unspecified atom stereocenters. The topological polar surface area (TPSA) is 115 Å². The van der Waals surface area contributed by atoms with Gasteiger partial charge in [-0.2, -0.15) is 15.4 Å². The fourth-order valence-corrected chi connectivity index (χ4v) is 5.96. The van der Waals surface area contributed by atoms with E-state index in [0.29, 0.717) is 10.7 Å². The molecule has 0 spiro atoms. The van der Waals surface area contributed by atoms with Crippen molar-refractivity contribution in [2.75, 3.05) is 5.43 Å². The molecule has 0 aromatic heterocycles. The van der Waals surface area contributed by atoms with Crippen molar-refractivity contribution in [3.05, 3.63) is 99.5 Å². The largest absolute Gasteiger partial charge is 0.310 e. The first-order valence-corrected chi connectivity index (χ1v) is 12.1. The summed E-state index contributed by atoms with van der Waals surface area (Å²) < 4.78 is 0.856. The number of nitrogens with zero attached hydrogens (tertiary/aromatic N) is 3. The Kier molecular flexibility index (Phi) is 5.20. The van der Waals surface area contributed by atoms with Crippen molar-refractivity contribution >= 4 is 45.1 Å². The van der Waals surface area contributed by atoms with E-state index in [9.17, 15) is 19.6 Å². The highest BCUT2D eigenvalue weighted by Crippen LogP contribution is 2.59. The predicted molar refractivity (Wildman–Crippen MR) is 134 cm³/mol. The van der Waals surface area contributed by atoms with E-state index in [-0.39, 0.29) is 11.8 Å². The van der Waals surface area contributed by atoms with Gasteiger partial charge in [-0.15, -0.1) is 0 Å². The Morgan fingerprint density at radius 1 is 0.889 bits per heavy atom. The summed E-state index contributed by atoms with van der Waals surface area (Å²) in [6.45, 7) is 0. The van der Waals surface area contributed by atoms with Crippen molar-refractivity contribution in [1.29, 1.82) is 5.26 Å². The first kappa shape index (κ1) is 22.2. The number of hydrogen-bond acceptors (Lipinski definition) is 6. The van der Waals surface area contributed by atoms with E-state index < -0.39 is 35.3 Å². The van der Waals surface area contributed by atoms with Gasteiger partial charge in [-0.1, -0.05) is 64.5 Å². The van der Waals surface area contributed by atoms with Crippen molar-refractivity contribution in [2.24, 2.45) is 16.9 Å². The van der Waals surface area contributed by atoms with Gasteiger partial charge in [-0.3, -0.25) is 25.2 Å². The number of rotatable bonds is 3. The van der Waals surface area contributed by atoms with Crippen LogP contribution < -0.4 is 10.9 Å². The summed E-state index contributed by atoms with van der Waals surface area (Å²) in [5, 5.41) is 14.1. The Balaban J connectivity index is 1.36. The lowest BCUT2D eigenvalue weighted by Crippen LogP contribution is -2.65. The van der Waals surface area contributed by atoms with E-state index in [4.69, 9.17) is 0 Å². The molecule has 3 amide bonds. The molecule has 3 aromatic carbocycles. The second kappa shape index (κ2) is 8.43. The minimum atomic E-state index is -0.984. The summed E-state index contributed by atoms with van der Waals surface area (Å²) in [7, 11) is 0. The van der Waals surface area contributed by atoms with Gasteiger partial charge in [0.2, 0.25) is 11.6 Å². The number of carbonyl (C=O) groups is 3. The molecule has 8 nitrogen and oxygen atoms in total. The van der Waals surface area contributed by atoms with E-state index in [1.807, 2.05) is 48.5 Å². The second-order valence-corrected chi connectivity index (χ2v) is 9.83. The van der Waals surface area contributed by atoms with E-state index >= 15 is 0 Å². The van der Waals surface area contributed by atoms with Gasteiger partial charge in [-0.05, 0) is 46.5 Å². The first-order chi connectivity index (χ1) is 17.5. The fourth-order valence-electron chi connectivity index (χ4n) is 5.70. The molecule has 36 heavy (non-hydrogen) atoms. The van der Waals surface area contributed by atoms with Gasteiger partial charge in [-0.25, -0.2) is 0 Å². The number of amides is 3. The Morgan fingerprint density at radius 3 is 1.94 bits per heavy atom. The SMILES string of the molecule is N#C/C(=N/Nc1ccc(Br)cc1)C(=O)N1NC(=O)C2C3c4ccccc4C(c4ccccc43)C2C1=O. The second-order valence-electron chi connectivity index (χ2n) is 8.91. The standard InChI is InChI=1S/C27H18BrN5O3/c28-14-9-11-15(12-10-14)30-31-20(13-29)26(35)33-27(36)24-22-18-7-3-1-5-16(18)21(23(24)25(34)32-33)17-6-2-4-8-19(17)22/h1-12,21-24,30H,(H,32,34)/b31-20-. The van der Waals surface area contributed by atoms with Crippen molar-refractivity contribution in [3.63, 3.8) is 0 Å². The minimum absolute atomic E-state index is 0.295. The summed E-state index contributed by atoms with van der Waals surface area (Å²) in [6.07, 6.45) is 0. The summed E-state index contributed by atoms with van der Waals surface area (Å²) >= 11 is 3.33. The van der Waals surface area contributed by atoms with Crippen LogP contribution in [0.15, 0.2) is 82.4 Å². The zero-order valence-electron chi connectivity index (χ0n) is 18.7. The molecular formula is C27H18BrN5O3. The average molecular weight is 540 g/mol. The van der Waals surface area contributed by atoms with Gasteiger partial charge in [0.15, 0.2) is 0 Å². The number of benzene rings is 3. The van der Waals surface area contributed by atoms with Gasteiger partial charge in [0.05, 0.1) is 17.5 Å². The van der Waals surface area contributed by atoms with E-state index in [1.165, 1.54) is 0 Å². The molecule has 4 aliphatic rings. The molecule has 1 aliphatic heterocycles. The molecular weight excluding hydrogens is 522 g/mol. The molecule has 0 radical (unpaired) electrons. The maximum absolute atomic E-state index is 13.8. The Hall–Kier alpha value is -4.29.